The van der Waals surface area contributed by atoms with E-state index in [9.17, 15) is 4.79 Å². The molecule has 4 heteroatoms. The highest BCUT2D eigenvalue weighted by molar-refractivity contribution is 6.12. The van der Waals surface area contributed by atoms with Crippen LogP contribution in [0.15, 0.2) is 59.8 Å². The third-order valence-electron chi connectivity index (χ3n) is 3.81. The summed E-state index contributed by atoms with van der Waals surface area (Å²) in [7, 11) is 0. The monoisotopic (exact) mass is 264 g/mol. The number of anilines is 1. The average molecular weight is 264 g/mol. The lowest BCUT2D eigenvalue weighted by molar-refractivity contribution is -0.137. The summed E-state index contributed by atoms with van der Waals surface area (Å²) in [4.78, 5) is 17.9. The molecule has 2 aliphatic rings. The van der Waals surface area contributed by atoms with E-state index in [-0.39, 0.29) is 5.91 Å². The highest BCUT2D eigenvalue weighted by Gasteiger charge is 2.53. The summed E-state index contributed by atoms with van der Waals surface area (Å²) in [6.07, 6.45) is 0.458. The van der Waals surface area contributed by atoms with Gasteiger partial charge in [0.25, 0.3) is 5.91 Å². The van der Waals surface area contributed by atoms with Crippen molar-refractivity contribution in [1.82, 2.24) is 0 Å². The second-order valence-corrected chi connectivity index (χ2v) is 5.00. The molecule has 0 saturated heterocycles. The number of carbonyl (C=O) groups is 1. The molecule has 0 aromatic heterocycles. The number of rotatable bonds is 1. The summed E-state index contributed by atoms with van der Waals surface area (Å²) < 4.78 is 0. The first-order chi connectivity index (χ1) is 9.79. The first-order valence-electron chi connectivity index (χ1n) is 6.51. The quantitative estimate of drug-likeness (QED) is 0.860. The molecule has 0 aliphatic carbocycles. The van der Waals surface area contributed by atoms with Crippen molar-refractivity contribution in [2.45, 2.75) is 12.0 Å². The number of nitrogens with zero attached hydrogens (tertiary/aromatic N) is 1. The first-order valence-corrected chi connectivity index (χ1v) is 6.51. The Morgan fingerprint density at radius 2 is 1.80 bits per heavy atom. The van der Waals surface area contributed by atoms with Gasteiger partial charge in [-0.1, -0.05) is 53.7 Å². The predicted octanol–water partition coefficient (Wildman–Crippen LogP) is 2.66. The van der Waals surface area contributed by atoms with Crippen molar-refractivity contribution >= 4 is 17.3 Å². The zero-order valence-corrected chi connectivity index (χ0v) is 10.7. The molecule has 1 N–H and O–H groups in total. The second-order valence-electron chi connectivity index (χ2n) is 5.00. The Hall–Kier alpha value is -2.62. The van der Waals surface area contributed by atoms with E-state index in [1.54, 1.807) is 0 Å². The van der Waals surface area contributed by atoms with Crippen LogP contribution < -0.4 is 5.32 Å². The predicted molar refractivity (Wildman–Crippen MR) is 75.4 cm³/mol. The zero-order chi connectivity index (χ0) is 13.6. The maximum atomic E-state index is 12.3. The number of hydrogen-bond acceptors (Lipinski definition) is 3. The molecule has 4 rings (SSSR count). The standard InChI is InChI=1S/C16H12N2O2/c19-15-16(12-8-4-5-9-13(12)17-15)10-14(18-20-16)11-6-2-1-3-7-11/h1-9H,10H2,(H,17,19). The van der Waals surface area contributed by atoms with E-state index >= 15 is 0 Å². The number of nitrogens with one attached hydrogen (secondary N) is 1. The fraction of sp³-hybridized carbons (Fsp3) is 0.125. The molecule has 20 heavy (non-hydrogen) atoms. The lowest BCUT2D eigenvalue weighted by Crippen LogP contribution is -2.34. The largest absolute Gasteiger partial charge is 0.373 e. The Balaban J connectivity index is 1.74. The van der Waals surface area contributed by atoms with Crippen molar-refractivity contribution in [3.8, 4) is 0 Å². The first kappa shape index (κ1) is 11.2. The summed E-state index contributed by atoms with van der Waals surface area (Å²) in [5, 5.41) is 7.01. The Morgan fingerprint density at radius 1 is 1.05 bits per heavy atom. The number of fused-ring (bicyclic) bond motifs is 2. The van der Waals surface area contributed by atoms with Crippen molar-refractivity contribution in [1.29, 1.82) is 0 Å². The third-order valence-corrected chi connectivity index (χ3v) is 3.81. The van der Waals surface area contributed by atoms with Crippen LogP contribution in [0.25, 0.3) is 0 Å². The summed E-state index contributed by atoms with van der Waals surface area (Å²) in [5.41, 5.74) is 2.46. The number of amides is 1. The molecular weight excluding hydrogens is 252 g/mol. The van der Waals surface area contributed by atoms with Crippen LogP contribution in [0.4, 0.5) is 5.69 Å². The molecule has 4 nitrogen and oxygen atoms in total. The SMILES string of the molecule is O=C1Nc2ccccc2C12CC(c1ccccc1)=NO2. The van der Waals surface area contributed by atoms with Gasteiger partial charge in [0, 0.05) is 11.3 Å². The summed E-state index contributed by atoms with van der Waals surface area (Å²) in [5.74, 6) is -0.145. The Kier molecular flexibility index (Phi) is 2.21. The maximum absolute atomic E-state index is 12.3. The van der Waals surface area contributed by atoms with Crippen molar-refractivity contribution in [2.24, 2.45) is 5.16 Å². The van der Waals surface area contributed by atoms with Gasteiger partial charge in [0.05, 0.1) is 12.1 Å². The molecule has 1 unspecified atom stereocenters. The van der Waals surface area contributed by atoms with Crippen LogP contribution in [0, 0.1) is 0 Å². The molecule has 0 saturated carbocycles. The van der Waals surface area contributed by atoms with Crippen molar-refractivity contribution < 1.29 is 9.63 Å². The molecule has 2 aromatic rings. The minimum atomic E-state index is -0.998. The van der Waals surface area contributed by atoms with Gasteiger partial charge in [-0.2, -0.15) is 0 Å². The Bertz CT molecular complexity index is 724. The molecule has 2 aromatic carbocycles. The number of benzene rings is 2. The van der Waals surface area contributed by atoms with Crippen LogP contribution in [-0.2, 0) is 15.2 Å². The Labute approximate surface area is 116 Å². The number of hydrogen-bond donors (Lipinski definition) is 1. The van der Waals surface area contributed by atoms with E-state index in [2.05, 4.69) is 10.5 Å². The molecule has 1 amide bonds. The van der Waals surface area contributed by atoms with Gasteiger partial charge in [-0.3, -0.25) is 4.79 Å². The number of para-hydroxylation sites is 1. The van der Waals surface area contributed by atoms with Gasteiger partial charge in [0.2, 0.25) is 5.60 Å². The molecule has 1 atom stereocenters. The summed E-state index contributed by atoms with van der Waals surface area (Å²) >= 11 is 0. The average Bonchev–Trinajstić information content (AvgIpc) is 3.05. The lowest BCUT2D eigenvalue weighted by Gasteiger charge is -2.18. The smallest absolute Gasteiger partial charge is 0.276 e. The van der Waals surface area contributed by atoms with Gasteiger partial charge in [-0.05, 0) is 11.6 Å². The lowest BCUT2D eigenvalue weighted by atomic mass is 9.88. The highest BCUT2D eigenvalue weighted by Crippen LogP contribution is 2.44. The van der Waals surface area contributed by atoms with Crippen LogP contribution >= 0.6 is 0 Å². The van der Waals surface area contributed by atoms with Crippen molar-refractivity contribution in [3.05, 3.63) is 65.7 Å². The van der Waals surface area contributed by atoms with E-state index in [1.165, 1.54) is 0 Å². The minimum absolute atomic E-state index is 0.145. The van der Waals surface area contributed by atoms with E-state index in [4.69, 9.17) is 4.84 Å². The topological polar surface area (TPSA) is 50.7 Å². The molecule has 98 valence electrons. The van der Waals surface area contributed by atoms with Crippen molar-refractivity contribution in [2.75, 3.05) is 5.32 Å². The molecule has 1 spiro atoms. The van der Waals surface area contributed by atoms with E-state index in [1.807, 2.05) is 54.6 Å². The van der Waals surface area contributed by atoms with Crippen LogP contribution in [0.2, 0.25) is 0 Å². The molecule has 0 radical (unpaired) electrons. The van der Waals surface area contributed by atoms with Crippen LogP contribution in [0.5, 0.6) is 0 Å². The molecule has 2 heterocycles. The van der Waals surface area contributed by atoms with Crippen LogP contribution in [0.3, 0.4) is 0 Å². The van der Waals surface area contributed by atoms with Crippen LogP contribution in [-0.4, -0.2) is 11.6 Å². The molecular formula is C16H12N2O2. The van der Waals surface area contributed by atoms with Gasteiger partial charge in [-0.15, -0.1) is 0 Å². The van der Waals surface area contributed by atoms with Gasteiger partial charge in [0.15, 0.2) is 0 Å². The van der Waals surface area contributed by atoms with Gasteiger partial charge < -0.3 is 10.2 Å². The van der Waals surface area contributed by atoms with Crippen LogP contribution in [0.1, 0.15) is 17.5 Å². The molecule has 2 aliphatic heterocycles. The molecule has 0 fully saturated rings. The number of carbonyl (C=O) groups excluding carboxylic acids is 1. The highest BCUT2D eigenvalue weighted by atomic mass is 16.7. The van der Waals surface area contributed by atoms with E-state index in [0.29, 0.717) is 6.42 Å². The summed E-state index contributed by atoms with van der Waals surface area (Å²) in [6, 6.07) is 17.4. The number of oxime groups is 1. The Morgan fingerprint density at radius 3 is 2.65 bits per heavy atom. The van der Waals surface area contributed by atoms with Crippen molar-refractivity contribution in [3.63, 3.8) is 0 Å². The zero-order valence-electron chi connectivity index (χ0n) is 10.7. The fourth-order valence-corrected chi connectivity index (χ4v) is 2.77. The van der Waals surface area contributed by atoms with E-state index in [0.717, 1.165) is 22.5 Å². The summed E-state index contributed by atoms with van der Waals surface area (Å²) in [6.45, 7) is 0. The third kappa shape index (κ3) is 1.42. The van der Waals surface area contributed by atoms with E-state index < -0.39 is 5.60 Å². The minimum Gasteiger partial charge on any atom is -0.373 e. The van der Waals surface area contributed by atoms with Gasteiger partial charge >= 0.3 is 0 Å². The maximum Gasteiger partial charge on any atom is 0.276 e. The normalized spacial score (nSPS) is 23.2. The molecule has 0 bridgehead atoms. The fourth-order valence-electron chi connectivity index (χ4n) is 2.77. The van der Waals surface area contributed by atoms with Gasteiger partial charge in [0.1, 0.15) is 0 Å². The second kappa shape index (κ2) is 3.93. The van der Waals surface area contributed by atoms with Gasteiger partial charge in [-0.25, -0.2) is 0 Å².